The first-order valence-electron chi connectivity index (χ1n) is 8.41. The predicted octanol–water partition coefficient (Wildman–Crippen LogP) is 3.27. The molecule has 2 aromatic rings. The number of nitrogens with zero attached hydrogens (tertiary/aromatic N) is 2. The van der Waals surface area contributed by atoms with Crippen molar-refractivity contribution in [1.82, 2.24) is 14.7 Å². The molecule has 0 radical (unpaired) electrons. The van der Waals surface area contributed by atoms with Gasteiger partial charge < -0.3 is 9.72 Å². The second kappa shape index (κ2) is 6.95. The summed E-state index contributed by atoms with van der Waals surface area (Å²) in [5.41, 5.74) is 3.22. The minimum Gasteiger partial charge on any atom is -0.356 e. The maximum atomic E-state index is 12.0. The molecule has 2 aromatic heterocycles. The van der Waals surface area contributed by atoms with Gasteiger partial charge >= 0.3 is 0 Å². The van der Waals surface area contributed by atoms with Gasteiger partial charge in [0.15, 0.2) is 0 Å². The fraction of sp³-hybridized carbons (Fsp3) is 0.556. The number of fused-ring (bicyclic) bond motifs is 1. The van der Waals surface area contributed by atoms with Crippen LogP contribution < -0.4 is 5.32 Å². The SMILES string of the molecule is Cc1ccc2nc(CCNC(=O)CC3CCCCC3)cn2c1. The molecule has 3 rings (SSSR count). The Morgan fingerprint density at radius 1 is 1.27 bits per heavy atom. The monoisotopic (exact) mass is 299 g/mol. The standard InChI is InChI=1S/C18H25N3O/c1-14-7-8-17-20-16(13-21(17)12-14)9-10-19-18(22)11-15-5-3-2-4-6-15/h7-8,12-13,15H,2-6,9-11H2,1H3,(H,19,22). The van der Waals surface area contributed by atoms with Gasteiger partial charge in [-0.05, 0) is 37.3 Å². The topological polar surface area (TPSA) is 46.4 Å². The maximum Gasteiger partial charge on any atom is 0.220 e. The van der Waals surface area contributed by atoms with E-state index in [0.29, 0.717) is 18.9 Å². The number of nitrogens with one attached hydrogen (secondary N) is 1. The lowest BCUT2D eigenvalue weighted by Crippen LogP contribution is -2.28. The Morgan fingerprint density at radius 2 is 2.09 bits per heavy atom. The number of aromatic nitrogens is 2. The van der Waals surface area contributed by atoms with Crippen molar-refractivity contribution in [3.8, 4) is 0 Å². The van der Waals surface area contributed by atoms with Crippen molar-refractivity contribution in [2.75, 3.05) is 6.54 Å². The van der Waals surface area contributed by atoms with Crippen LogP contribution in [0.5, 0.6) is 0 Å². The van der Waals surface area contributed by atoms with Crippen LogP contribution in [0.15, 0.2) is 24.5 Å². The molecule has 22 heavy (non-hydrogen) atoms. The Kier molecular flexibility index (Phi) is 4.76. The number of carbonyl (C=O) groups is 1. The number of pyridine rings is 1. The first-order chi connectivity index (χ1) is 10.7. The molecular formula is C18H25N3O. The summed E-state index contributed by atoms with van der Waals surface area (Å²) in [6.07, 6.45) is 12.0. The van der Waals surface area contributed by atoms with Gasteiger partial charge in [0.05, 0.1) is 5.69 Å². The van der Waals surface area contributed by atoms with Gasteiger partial charge in [-0.25, -0.2) is 4.98 Å². The second-order valence-electron chi connectivity index (χ2n) is 6.51. The smallest absolute Gasteiger partial charge is 0.220 e. The third-order valence-corrected chi connectivity index (χ3v) is 4.55. The predicted molar refractivity (Wildman–Crippen MR) is 87.8 cm³/mol. The minimum absolute atomic E-state index is 0.200. The molecule has 1 aliphatic carbocycles. The van der Waals surface area contributed by atoms with Crippen LogP contribution in [0, 0.1) is 12.8 Å². The Bertz CT molecular complexity index is 641. The number of imidazole rings is 1. The molecule has 0 aliphatic heterocycles. The molecule has 0 spiro atoms. The number of aryl methyl sites for hydroxylation is 1. The third kappa shape index (κ3) is 3.87. The quantitative estimate of drug-likeness (QED) is 0.921. The largest absolute Gasteiger partial charge is 0.356 e. The molecule has 4 heteroatoms. The molecule has 0 unspecified atom stereocenters. The molecule has 0 bridgehead atoms. The molecular weight excluding hydrogens is 274 g/mol. The first kappa shape index (κ1) is 15.1. The number of carbonyl (C=O) groups excluding carboxylic acids is 1. The molecule has 0 aromatic carbocycles. The average Bonchev–Trinajstić information content (AvgIpc) is 2.90. The highest BCUT2D eigenvalue weighted by Crippen LogP contribution is 2.25. The zero-order chi connectivity index (χ0) is 15.4. The van der Waals surface area contributed by atoms with Gasteiger partial charge in [-0.1, -0.05) is 25.3 Å². The van der Waals surface area contributed by atoms with Crippen LogP contribution in [0.4, 0.5) is 0 Å². The lowest BCUT2D eigenvalue weighted by molar-refractivity contribution is -0.122. The van der Waals surface area contributed by atoms with Gasteiger partial charge in [-0.15, -0.1) is 0 Å². The van der Waals surface area contributed by atoms with Crippen LogP contribution in [-0.2, 0) is 11.2 Å². The Hall–Kier alpha value is -1.84. The van der Waals surface area contributed by atoms with Crippen LogP contribution in [0.1, 0.15) is 49.8 Å². The summed E-state index contributed by atoms with van der Waals surface area (Å²) in [4.78, 5) is 16.6. The Labute approximate surface area is 131 Å². The summed E-state index contributed by atoms with van der Waals surface area (Å²) >= 11 is 0. The van der Waals surface area contributed by atoms with Crippen LogP contribution >= 0.6 is 0 Å². The van der Waals surface area contributed by atoms with E-state index in [9.17, 15) is 4.79 Å². The van der Waals surface area contributed by atoms with Crippen molar-refractivity contribution >= 4 is 11.6 Å². The van der Waals surface area contributed by atoms with E-state index in [0.717, 1.165) is 17.8 Å². The average molecular weight is 299 g/mol. The molecule has 118 valence electrons. The van der Waals surface area contributed by atoms with Crippen molar-refractivity contribution in [1.29, 1.82) is 0 Å². The highest BCUT2D eigenvalue weighted by molar-refractivity contribution is 5.76. The highest BCUT2D eigenvalue weighted by Gasteiger charge is 2.16. The summed E-state index contributed by atoms with van der Waals surface area (Å²) in [7, 11) is 0. The van der Waals surface area contributed by atoms with E-state index in [1.165, 1.54) is 37.7 Å². The first-order valence-corrected chi connectivity index (χ1v) is 8.41. The summed E-state index contributed by atoms with van der Waals surface area (Å²) in [5, 5.41) is 3.05. The minimum atomic E-state index is 0.200. The van der Waals surface area contributed by atoms with Crippen LogP contribution in [0.25, 0.3) is 5.65 Å². The third-order valence-electron chi connectivity index (χ3n) is 4.55. The van der Waals surface area contributed by atoms with Gasteiger partial charge in [0.25, 0.3) is 0 Å². The molecule has 0 atom stereocenters. The van der Waals surface area contributed by atoms with Gasteiger partial charge in [-0.3, -0.25) is 4.79 Å². The maximum absolute atomic E-state index is 12.0. The molecule has 1 saturated carbocycles. The molecule has 1 amide bonds. The van der Waals surface area contributed by atoms with Crippen LogP contribution in [-0.4, -0.2) is 21.8 Å². The fourth-order valence-electron chi connectivity index (χ4n) is 3.33. The van der Waals surface area contributed by atoms with E-state index in [2.05, 4.69) is 40.1 Å². The van der Waals surface area contributed by atoms with Gasteiger partial charge in [-0.2, -0.15) is 0 Å². The summed E-state index contributed by atoms with van der Waals surface area (Å²) in [6, 6.07) is 4.10. The molecule has 1 fully saturated rings. The molecule has 2 heterocycles. The zero-order valence-corrected chi connectivity index (χ0v) is 13.3. The van der Waals surface area contributed by atoms with Crippen molar-refractivity contribution in [2.24, 2.45) is 5.92 Å². The summed E-state index contributed by atoms with van der Waals surface area (Å²) < 4.78 is 2.05. The normalized spacial score (nSPS) is 16.0. The fourth-order valence-corrected chi connectivity index (χ4v) is 3.33. The van der Waals surface area contributed by atoms with Gasteiger partial charge in [0.2, 0.25) is 5.91 Å². The van der Waals surface area contributed by atoms with E-state index in [-0.39, 0.29) is 5.91 Å². The van der Waals surface area contributed by atoms with Crippen molar-refractivity contribution < 1.29 is 4.79 Å². The van der Waals surface area contributed by atoms with E-state index < -0.39 is 0 Å². The lowest BCUT2D eigenvalue weighted by Gasteiger charge is -2.20. The number of amides is 1. The van der Waals surface area contributed by atoms with Crippen molar-refractivity contribution in [3.63, 3.8) is 0 Å². The lowest BCUT2D eigenvalue weighted by atomic mass is 9.87. The van der Waals surface area contributed by atoms with Crippen molar-refractivity contribution in [3.05, 3.63) is 35.8 Å². The highest BCUT2D eigenvalue weighted by atomic mass is 16.1. The molecule has 1 aliphatic rings. The summed E-state index contributed by atoms with van der Waals surface area (Å²) in [6.45, 7) is 2.75. The van der Waals surface area contributed by atoms with E-state index in [4.69, 9.17) is 0 Å². The number of hydrogen-bond acceptors (Lipinski definition) is 2. The molecule has 0 saturated heterocycles. The van der Waals surface area contributed by atoms with E-state index in [1.807, 2.05) is 6.07 Å². The number of rotatable bonds is 5. The second-order valence-corrected chi connectivity index (χ2v) is 6.51. The Balaban J connectivity index is 1.46. The van der Waals surface area contributed by atoms with Crippen LogP contribution in [0.2, 0.25) is 0 Å². The zero-order valence-electron chi connectivity index (χ0n) is 13.3. The molecule has 4 nitrogen and oxygen atoms in total. The van der Waals surface area contributed by atoms with Crippen LogP contribution in [0.3, 0.4) is 0 Å². The van der Waals surface area contributed by atoms with Crippen molar-refractivity contribution in [2.45, 2.75) is 51.9 Å². The van der Waals surface area contributed by atoms with Gasteiger partial charge in [0.1, 0.15) is 5.65 Å². The Morgan fingerprint density at radius 3 is 2.91 bits per heavy atom. The number of hydrogen-bond donors (Lipinski definition) is 1. The van der Waals surface area contributed by atoms with E-state index >= 15 is 0 Å². The van der Waals surface area contributed by atoms with Gasteiger partial charge in [0, 0.05) is 31.8 Å². The molecule has 1 N–H and O–H groups in total. The van der Waals surface area contributed by atoms with E-state index in [1.54, 1.807) is 0 Å². The summed E-state index contributed by atoms with van der Waals surface area (Å²) in [5.74, 6) is 0.804.